The maximum Gasteiger partial charge on any atom is 0.253 e. The Kier molecular flexibility index (Phi) is 6.02. The Hall–Kier alpha value is -2.66. The first-order valence-electron chi connectivity index (χ1n) is 9.05. The number of amides is 2. The van der Waals surface area contributed by atoms with Gasteiger partial charge in [-0.15, -0.1) is 0 Å². The molecule has 5 heteroatoms. The molecule has 2 aromatic rings. The average Bonchev–Trinajstić information content (AvgIpc) is 2.72. The number of carbonyl (C=O) groups excluding carboxylic acids is 2. The maximum absolute atomic E-state index is 12.5. The van der Waals surface area contributed by atoms with Crippen molar-refractivity contribution in [1.29, 1.82) is 0 Å². The number of carbonyl (C=O) groups is 2. The summed E-state index contributed by atoms with van der Waals surface area (Å²) in [6.45, 7) is 5.16. The van der Waals surface area contributed by atoms with Gasteiger partial charge in [-0.05, 0) is 24.6 Å². The van der Waals surface area contributed by atoms with E-state index >= 15 is 0 Å². The van der Waals surface area contributed by atoms with Crippen LogP contribution in [-0.4, -0.2) is 53.8 Å². The zero-order valence-corrected chi connectivity index (χ0v) is 15.1. The fraction of sp³-hybridized carbons (Fsp3) is 0.333. The topological polar surface area (TPSA) is 52.7 Å². The Morgan fingerprint density at radius 1 is 0.923 bits per heavy atom. The highest BCUT2D eigenvalue weighted by Crippen LogP contribution is 2.11. The van der Waals surface area contributed by atoms with E-state index in [1.165, 1.54) is 0 Å². The molecular weight excluding hydrogens is 326 g/mol. The number of nitrogens with one attached hydrogen (secondary N) is 1. The predicted molar refractivity (Wildman–Crippen MR) is 102 cm³/mol. The highest BCUT2D eigenvalue weighted by Gasteiger charge is 2.27. The standard InChI is InChI=1S/C21H25N3O2/c1-17(20(25)22-16-18-8-4-2-5-9-18)23-12-14-24(15-13-23)21(26)19-10-6-3-7-11-19/h2-11,17H,12-16H2,1H3,(H,22,25)/t17-/m0/s1. The zero-order chi connectivity index (χ0) is 18.4. The van der Waals surface area contributed by atoms with Crippen LogP contribution in [0.2, 0.25) is 0 Å². The van der Waals surface area contributed by atoms with Crippen molar-refractivity contribution in [2.45, 2.75) is 19.5 Å². The van der Waals surface area contributed by atoms with Gasteiger partial charge in [0.1, 0.15) is 0 Å². The first-order valence-corrected chi connectivity index (χ1v) is 9.05. The van der Waals surface area contributed by atoms with Crippen LogP contribution in [-0.2, 0) is 11.3 Å². The third kappa shape index (κ3) is 4.49. The van der Waals surface area contributed by atoms with Gasteiger partial charge >= 0.3 is 0 Å². The van der Waals surface area contributed by atoms with Crippen LogP contribution in [0.25, 0.3) is 0 Å². The number of hydrogen-bond acceptors (Lipinski definition) is 3. The Bertz CT molecular complexity index is 725. The number of piperazine rings is 1. The molecule has 1 aliphatic heterocycles. The monoisotopic (exact) mass is 351 g/mol. The maximum atomic E-state index is 12.5. The van der Waals surface area contributed by atoms with Crippen LogP contribution in [0.15, 0.2) is 60.7 Å². The molecule has 3 rings (SSSR count). The van der Waals surface area contributed by atoms with E-state index in [4.69, 9.17) is 0 Å². The minimum atomic E-state index is -0.201. The van der Waals surface area contributed by atoms with Gasteiger partial charge in [0.05, 0.1) is 6.04 Å². The van der Waals surface area contributed by atoms with Gasteiger partial charge in [-0.25, -0.2) is 0 Å². The van der Waals surface area contributed by atoms with Crippen LogP contribution in [0, 0.1) is 0 Å². The van der Waals surface area contributed by atoms with Crippen LogP contribution in [0.5, 0.6) is 0 Å². The molecule has 5 nitrogen and oxygen atoms in total. The number of benzene rings is 2. The molecule has 2 aromatic carbocycles. The van der Waals surface area contributed by atoms with Gasteiger partial charge in [-0.3, -0.25) is 14.5 Å². The molecule has 0 unspecified atom stereocenters. The first kappa shape index (κ1) is 18.1. The Morgan fingerprint density at radius 3 is 2.12 bits per heavy atom. The molecule has 0 bridgehead atoms. The SMILES string of the molecule is C[C@@H](C(=O)NCc1ccccc1)N1CCN(C(=O)c2ccccc2)CC1. The third-order valence-electron chi connectivity index (χ3n) is 4.86. The molecule has 1 heterocycles. The van der Waals surface area contributed by atoms with Crippen molar-refractivity contribution < 1.29 is 9.59 Å². The molecule has 1 saturated heterocycles. The van der Waals surface area contributed by atoms with E-state index in [9.17, 15) is 9.59 Å². The summed E-state index contributed by atoms with van der Waals surface area (Å²) in [7, 11) is 0. The van der Waals surface area contributed by atoms with Gasteiger partial charge in [-0.2, -0.15) is 0 Å². The van der Waals surface area contributed by atoms with Crippen molar-refractivity contribution in [3.63, 3.8) is 0 Å². The first-order chi connectivity index (χ1) is 12.6. The predicted octanol–water partition coefficient (Wildman–Crippen LogP) is 2.15. The molecule has 0 aromatic heterocycles. The summed E-state index contributed by atoms with van der Waals surface area (Å²) in [5, 5.41) is 2.99. The van der Waals surface area contributed by atoms with Crippen molar-refractivity contribution in [3.05, 3.63) is 71.8 Å². The summed E-state index contributed by atoms with van der Waals surface area (Å²) in [5.74, 6) is 0.0862. The normalized spacial score (nSPS) is 16.1. The van der Waals surface area contributed by atoms with Crippen molar-refractivity contribution in [3.8, 4) is 0 Å². The summed E-state index contributed by atoms with van der Waals surface area (Å²) in [6.07, 6.45) is 0. The summed E-state index contributed by atoms with van der Waals surface area (Å²) in [4.78, 5) is 28.9. The summed E-state index contributed by atoms with van der Waals surface area (Å²) in [5.41, 5.74) is 1.81. The van der Waals surface area contributed by atoms with Gasteiger partial charge in [0, 0.05) is 38.3 Å². The molecule has 0 spiro atoms. The molecule has 1 N–H and O–H groups in total. The van der Waals surface area contributed by atoms with E-state index in [0.29, 0.717) is 32.7 Å². The van der Waals surface area contributed by atoms with Crippen LogP contribution >= 0.6 is 0 Å². The Labute approximate surface area is 154 Å². The molecule has 1 aliphatic rings. The largest absolute Gasteiger partial charge is 0.351 e. The van der Waals surface area contributed by atoms with Crippen molar-refractivity contribution >= 4 is 11.8 Å². The summed E-state index contributed by atoms with van der Waals surface area (Å²) in [6, 6.07) is 19.0. The Balaban J connectivity index is 1.48. The van der Waals surface area contributed by atoms with Crippen molar-refractivity contribution in [2.75, 3.05) is 26.2 Å². The lowest BCUT2D eigenvalue weighted by Crippen LogP contribution is -2.54. The van der Waals surface area contributed by atoms with Crippen LogP contribution in [0.1, 0.15) is 22.8 Å². The minimum Gasteiger partial charge on any atom is -0.351 e. The van der Waals surface area contributed by atoms with E-state index in [-0.39, 0.29) is 17.9 Å². The third-order valence-corrected chi connectivity index (χ3v) is 4.86. The smallest absolute Gasteiger partial charge is 0.253 e. The van der Waals surface area contributed by atoms with Crippen molar-refractivity contribution in [1.82, 2.24) is 15.1 Å². The second kappa shape index (κ2) is 8.63. The van der Waals surface area contributed by atoms with Crippen molar-refractivity contribution in [2.24, 2.45) is 0 Å². The van der Waals surface area contributed by atoms with E-state index < -0.39 is 0 Å². The van der Waals surface area contributed by atoms with E-state index in [1.807, 2.05) is 72.5 Å². The molecule has 1 fully saturated rings. The van der Waals surface area contributed by atoms with Gasteiger partial charge < -0.3 is 10.2 Å². The van der Waals surface area contributed by atoms with E-state index in [0.717, 1.165) is 11.1 Å². The highest BCUT2D eigenvalue weighted by atomic mass is 16.2. The molecule has 2 amide bonds. The number of nitrogens with zero attached hydrogens (tertiary/aromatic N) is 2. The van der Waals surface area contributed by atoms with Gasteiger partial charge in [0.2, 0.25) is 5.91 Å². The quantitative estimate of drug-likeness (QED) is 0.898. The summed E-state index contributed by atoms with van der Waals surface area (Å²) >= 11 is 0. The van der Waals surface area contributed by atoms with E-state index in [2.05, 4.69) is 10.2 Å². The molecular formula is C21H25N3O2. The lowest BCUT2D eigenvalue weighted by molar-refractivity contribution is -0.126. The fourth-order valence-corrected chi connectivity index (χ4v) is 3.17. The van der Waals surface area contributed by atoms with E-state index in [1.54, 1.807) is 0 Å². The van der Waals surface area contributed by atoms with Gasteiger partial charge in [-0.1, -0.05) is 48.5 Å². The number of rotatable bonds is 5. The molecule has 0 aliphatic carbocycles. The highest BCUT2D eigenvalue weighted by molar-refractivity contribution is 5.94. The molecule has 26 heavy (non-hydrogen) atoms. The molecule has 0 saturated carbocycles. The lowest BCUT2D eigenvalue weighted by Gasteiger charge is -2.37. The second-order valence-corrected chi connectivity index (χ2v) is 6.57. The van der Waals surface area contributed by atoms with Gasteiger partial charge in [0.25, 0.3) is 5.91 Å². The van der Waals surface area contributed by atoms with Crippen LogP contribution in [0.3, 0.4) is 0 Å². The lowest BCUT2D eigenvalue weighted by atomic mass is 10.1. The second-order valence-electron chi connectivity index (χ2n) is 6.57. The van der Waals surface area contributed by atoms with Crippen LogP contribution < -0.4 is 5.32 Å². The van der Waals surface area contributed by atoms with Crippen LogP contribution in [0.4, 0.5) is 0 Å². The fourth-order valence-electron chi connectivity index (χ4n) is 3.17. The molecule has 136 valence electrons. The number of hydrogen-bond donors (Lipinski definition) is 1. The zero-order valence-electron chi connectivity index (χ0n) is 15.1. The minimum absolute atomic E-state index is 0.0247. The summed E-state index contributed by atoms with van der Waals surface area (Å²) < 4.78 is 0. The average molecular weight is 351 g/mol. The molecule has 1 atom stereocenters. The molecule has 0 radical (unpaired) electrons. The Morgan fingerprint density at radius 2 is 1.50 bits per heavy atom. The van der Waals surface area contributed by atoms with Gasteiger partial charge in [0.15, 0.2) is 0 Å².